The SMILES string of the molecule is O=C(OCc1csc(-c2ccccc2Cl)n1)C1(O)CCCCC1. The summed E-state index contributed by atoms with van der Waals surface area (Å²) in [5.74, 6) is -0.538. The van der Waals surface area contributed by atoms with Gasteiger partial charge in [-0.1, -0.05) is 36.2 Å². The Morgan fingerprint density at radius 2 is 2.04 bits per heavy atom. The zero-order valence-corrected chi connectivity index (χ0v) is 14.2. The van der Waals surface area contributed by atoms with Crippen LogP contribution >= 0.6 is 22.9 Å². The highest BCUT2D eigenvalue weighted by Crippen LogP contribution is 2.31. The smallest absolute Gasteiger partial charge is 0.338 e. The van der Waals surface area contributed by atoms with E-state index in [-0.39, 0.29) is 6.61 Å². The van der Waals surface area contributed by atoms with Crippen LogP contribution < -0.4 is 0 Å². The van der Waals surface area contributed by atoms with Crippen LogP contribution in [0.25, 0.3) is 10.6 Å². The number of hydrogen-bond acceptors (Lipinski definition) is 5. The van der Waals surface area contributed by atoms with E-state index in [0.717, 1.165) is 29.8 Å². The van der Waals surface area contributed by atoms with Crippen molar-refractivity contribution in [3.63, 3.8) is 0 Å². The van der Waals surface area contributed by atoms with Crippen LogP contribution in [0.15, 0.2) is 29.6 Å². The molecule has 0 saturated heterocycles. The number of benzene rings is 1. The lowest BCUT2D eigenvalue weighted by Crippen LogP contribution is -2.41. The number of aromatic nitrogens is 1. The second-order valence-corrected chi connectivity index (χ2v) is 7.06. The number of ether oxygens (including phenoxy) is 1. The number of carbonyl (C=O) groups is 1. The molecule has 23 heavy (non-hydrogen) atoms. The summed E-state index contributed by atoms with van der Waals surface area (Å²) in [6.45, 7) is 0.0715. The Morgan fingerprint density at radius 1 is 1.30 bits per heavy atom. The van der Waals surface area contributed by atoms with E-state index in [1.165, 1.54) is 11.3 Å². The minimum Gasteiger partial charge on any atom is -0.457 e. The molecule has 3 rings (SSSR count). The zero-order chi connectivity index (χ0) is 16.3. The van der Waals surface area contributed by atoms with Crippen LogP contribution in [-0.4, -0.2) is 21.7 Å². The molecule has 0 amide bonds. The average molecular weight is 352 g/mol. The number of hydrogen-bond donors (Lipinski definition) is 1. The van der Waals surface area contributed by atoms with Gasteiger partial charge < -0.3 is 9.84 Å². The van der Waals surface area contributed by atoms with Crippen LogP contribution in [0.3, 0.4) is 0 Å². The third kappa shape index (κ3) is 3.74. The fourth-order valence-corrected chi connectivity index (χ4v) is 3.87. The van der Waals surface area contributed by atoms with Crippen LogP contribution in [0.1, 0.15) is 37.8 Å². The van der Waals surface area contributed by atoms with Crippen molar-refractivity contribution in [2.75, 3.05) is 0 Å². The summed E-state index contributed by atoms with van der Waals surface area (Å²) in [5.41, 5.74) is 0.208. The van der Waals surface area contributed by atoms with Gasteiger partial charge in [0.1, 0.15) is 11.6 Å². The Bertz CT molecular complexity index is 695. The molecule has 0 aliphatic heterocycles. The Hall–Kier alpha value is -1.43. The van der Waals surface area contributed by atoms with Gasteiger partial charge in [0.25, 0.3) is 0 Å². The number of esters is 1. The fraction of sp³-hybridized carbons (Fsp3) is 0.412. The molecule has 0 radical (unpaired) electrons. The first-order valence-electron chi connectivity index (χ1n) is 7.67. The second kappa shape index (κ2) is 6.99. The number of rotatable bonds is 4. The van der Waals surface area contributed by atoms with Gasteiger partial charge in [0.15, 0.2) is 5.60 Å². The van der Waals surface area contributed by atoms with Gasteiger partial charge >= 0.3 is 5.97 Å². The van der Waals surface area contributed by atoms with Crippen molar-refractivity contribution in [1.82, 2.24) is 4.98 Å². The third-order valence-corrected chi connectivity index (χ3v) is 5.32. The molecule has 0 unspecified atom stereocenters. The maximum atomic E-state index is 12.1. The van der Waals surface area contributed by atoms with Crippen molar-refractivity contribution in [3.05, 3.63) is 40.4 Å². The maximum Gasteiger partial charge on any atom is 0.338 e. The number of halogens is 1. The first-order chi connectivity index (χ1) is 11.1. The van der Waals surface area contributed by atoms with E-state index in [1.54, 1.807) is 0 Å². The molecule has 1 aliphatic rings. The second-order valence-electron chi connectivity index (χ2n) is 5.79. The number of nitrogens with zero attached hydrogens (tertiary/aromatic N) is 1. The van der Waals surface area contributed by atoms with Crippen molar-refractivity contribution in [2.24, 2.45) is 0 Å². The quantitative estimate of drug-likeness (QED) is 0.838. The van der Waals surface area contributed by atoms with E-state index < -0.39 is 11.6 Å². The van der Waals surface area contributed by atoms with Gasteiger partial charge in [-0.2, -0.15) is 0 Å². The molecule has 1 aliphatic carbocycles. The highest BCUT2D eigenvalue weighted by Gasteiger charge is 2.38. The summed E-state index contributed by atoms with van der Waals surface area (Å²) < 4.78 is 5.27. The lowest BCUT2D eigenvalue weighted by molar-refractivity contribution is -0.170. The minimum atomic E-state index is -1.32. The van der Waals surface area contributed by atoms with Crippen molar-refractivity contribution < 1.29 is 14.6 Å². The van der Waals surface area contributed by atoms with E-state index in [9.17, 15) is 9.90 Å². The molecule has 1 aromatic heterocycles. The van der Waals surface area contributed by atoms with Crippen LogP contribution in [0, 0.1) is 0 Å². The van der Waals surface area contributed by atoms with E-state index >= 15 is 0 Å². The standard InChI is InChI=1S/C17H18ClNO3S/c18-14-7-3-2-6-13(14)15-19-12(11-23-15)10-22-16(20)17(21)8-4-1-5-9-17/h2-3,6-7,11,21H,1,4-5,8-10H2. The summed E-state index contributed by atoms with van der Waals surface area (Å²) in [6.07, 6.45) is 3.74. The molecule has 1 N–H and O–H groups in total. The normalized spacial score (nSPS) is 17.0. The summed E-state index contributed by atoms with van der Waals surface area (Å²) in [4.78, 5) is 16.6. The van der Waals surface area contributed by atoms with Crippen molar-refractivity contribution >= 4 is 28.9 Å². The van der Waals surface area contributed by atoms with Crippen LogP contribution in [0.4, 0.5) is 0 Å². The Kier molecular flexibility index (Phi) is 4.99. The van der Waals surface area contributed by atoms with Gasteiger partial charge in [0, 0.05) is 10.9 Å². The van der Waals surface area contributed by atoms with E-state index in [4.69, 9.17) is 16.3 Å². The Morgan fingerprint density at radius 3 is 2.78 bits per heavy atom. The topological polar surface area (TPSA) is 59.4 Å². The first kappa shape index (κ1) is 16.4. The van der Waals surface area contributed by atoms with Crippen molar-refractivity contribution in [1.29, 1.82) is 0 Å². The molecule has 122 valence electrons. The first-order valence-corrected chi connectivity index (χ1v) is 8.93. The summed E-state index contributed by atoms with van der Waals surface area (Å²) >= 11 is 7.62. The van der Waals surface area contributed by atoms with Gasteiger partial charge in [0.2, 0.25) is 0 Å². The molecule has 6 heteroatoms. The van der Waals surface area contributed by atoms with Crippen LogP contribution in [0.5, 0.6) is 0 Å². The Balaban J connectivity index is 1.63. The Labute approximate surface area is 144 Å². The predicted octanol–water partition coefficient (Wildman–Crippen LogP) is 4.20. The van der Waals surface area contributed by atoms with Gasteiger partial charge in [-0.05, 0) is 31.7 Å². The summed E-state index contributed by atoms with van der Waals surface area (Å²) in [5, 5.41) is 13.6. The minimum absolute atomic E-state index is 0.0715. The molecular weight excluding hydrogens is 334 g/mol. The zero-order valence-electron chi connectivity index (χ0n) is 12.6. The van der Waals surface area contributed by atoms with E-state index in [1.807, 2.05) is 29.6 Å². The third-order valence-electron chi connectivity index (χ3n) is 4.07. The molecule has 0 bridgehead atoms. The van der Waals surface area contributed by atoms with Gasteiger partial charge in [-0.25, -0.2) is 9.78 Å². The molecule has 0 atom stereocenters. The van der Waals surface area contributed by atoms with Crippen LogP contribution in [0.2, 0.25) is 5.02 Å². The maximum absolute atomic E-state index is 12.1. The van der Waals surface area contributed by atoms with E-state index in [0.29, 0.717) is 23.6 Å². The highest BCUT2D eigenvalue weighted by atomic mass is 35.5. The number of aliphatic hydroxyl groups is 1. The lowest BCUT2D eigenvalue weighted by Gasteiger charge is -2.29. The average Bonchev–Trinajstić information content (AvgIpc) is 3.02. The summed E-state index contributed by atoms with van der Waals surface area (Å²) in [7, 11) is 0. The van der Waals surface area contributed by atoms with E-state index in [2.05, 4.69) is 4.98 Å². The molecule has 0 spiro atoms. The van der Waals surface area contributed by atoms with Crippen molar-refractivity contribution in [3.8, 4) is 10.6 Å². The fourth-order valence-electron chi connectivity index (χ4n) is 2.75. The van der Waals surface area contributed by atoms with Crippen molar-refractivity contribution in [2.45, 2.75) is 44.3 Å². The largest absolute Gasteiger partial charge is 0.457 e. The molecule has 4 nitrogen and oxygen atoms in total. The summed E-state index contributed by atoms with van der Waals surface area (Å²) in [6, 6.07) is 7.49. The van der Waals surface area contributed by atoms with Gasteiger partial charge in [-0.3, -0.25) is 0 Å². The predicted molar refractivity (Wildman–Crippen MR) is 90.4 cm³/mol. The van der Waals surface area contributed by atoms with Crippen LogP contribution in [-0.2, 0) is 16.1 Å². The number of thiazole rings is 1. The molecule has 1 fully saturated rings. The molecule has 1 aromatic carbocycles. The molecule has 2 aromatic rings. The van der Waals surface area contributed by atoms with Gasteiger partial charge in [0.05, 0.1) is 10.7 Å². The van der Waals surface area contributed by atoms with Gasteiger partial charge in [-0.15, -0.1) is 11.3 Å². The molecular formula is C17H18ClNO3S. The lowest BCUT2D eigenvalue weighted by atomic mass is 9.85. The number of carbonyl (C=O) groups excluding carboxylic acids is 1. The molecule has 1 saturated carbocycles. The monoisotopic (exact) mass is 351 g/mol. The molecule has 1 heterocycles. The highest BCUT2D eigenvalue weighted by molar-refractivity contribution is 7.13.